The average Bonchev–Trinajstić information content (AvgIpc) is 3.00. The van der Waals surface area contributed by atoms with Crippen LogP contribution in [0.3, 0.4) is 0 Å². The number of hydrogen-bond donors (Lipinski definition) is 1. The van der Waals surface area contributed by atoms with Crippen LogP contribution in [-0.2, 0) is 17.6 Å². The van der Waals surface area contributed by atoms with E-state index in [0.717, 1.165) is 76.6 Å². The lowest BCUT2D eigenvalue weighted by Crippen LogP contribution is -2.25. The summed E-state index contributed by atoms with van der Waals surface area (Å²) in [6.07, 6.45) is 9.36. The van der Waals surface area contributed by atoms with Gasteiger partial charge in [0, 0.05) is 57.4 Å². The lowest BCUT2D eigenvalue weighted by atomic mass is 10.0. The number of rotatable bonds is 15. The van der Waals surface area contributed by atoms with Gasteiger partial charge in [-0.3, -0.25) is 0 Å². The summed E-state index contributed by atoms with van der Waals surface area (Å²) in [5.74, 6) is 0.506. The van der Waals surface area contributed by atoms with Crippen LogP contribution in [-0.4, -0.2) is 45.0 Å². The van der Waals surface area contributed by atoms with Gasteiger partial charge in [-0.25, -0.2) is 4.79 Å². The molecular formula is C31H49I2NO4. The molecule has 0 aliphatic rings. The molecule has 0 unspecified atom stereocenters. The number of carbonyl (C=O) groups excluding carboxylic acids is 1. The Morgan fingerprint density at radius 2 is 1.68 bits per heavy atom. The Balaban J connectivity index is 0. The van der Waals surface area contributed by atoms with Crippen LogP contribution in [0.1, 0.15) is 81.3 Å². The number of nitrogens with zero attached hydrogens (tertiary/aromatic N) is 1. The number of benzene rings is 2. The summed E-state index contributed by atoms with van der Waals surface area (Å²) in [5.41, 5.74) is 4.30. The fourth-order valence-corrected chi connectivity index (χ4v) is 3.79. The van der Waals surface area contributed by atoms with E-state index < -0.39 is 0 Å². The summed E-state index contributed by atoms with van der Waals surface area (Å²) in [5, 5.41) is 7.00. The molecule has 0 heterocycles. The van der Waals surface area contributed by atoms with Crippen molar-refractivity contribution in [2.24, 2.45) is 0 Å². The third-order valence-corrected chi connectivity index (χ3v) is 5.71. The molecule has 7 heteroatoms. The van der Waals surface area contributed by atoms with E-state index >= 15 is 0 Å². The summed E-state index contributed by atoms with van der Waals surface area (Å²) in [4.78, 5) is 14.4. The standard InChI is InChI=1S/C28H39NO3.C2H6.CH4O.I2/c1-5-8-9-11-19-29(7-3)26-22-25(28(30)31-4)17-18-27(26)32-20-12-10-14-24-16-13-15-23(6-2)21-24;3*1-2/h5,13,15-18,21-22H,1,6-12,14,19-20H2,2-4H3;1-2H3;2H,1H3;. The molecule has 0 radical (unpaired) electrons. The number of unbranched alkanes of at least 4 members (excludes halogenated alkanes) is 3. The Morgan fingerprint density at radius 1 is 1.00 bits per heavy atom. The minimum absolute atomic E-state index is 0.324. The van der Waals surface area contributed by atoms with Gasteiger partial charge in [0.15, 0.2) is 0 Å². The SMILES string of the molecule is C=CCCCCN(CC)c1cc(C(=O)OC)ccc1OCCCCc1cccc(CC)c1.CC.CO.II. The number of halogens is 2. The number of ether oxygens (including phenoxy) is 2. The van der Waals surface area contributed by atoms with Gasteiger partial charge in [0.25, 0.3) is 0 Å². The summed E-state index contributed by atoms with van der Waals surface area (Å²) in [6, 6.07) is 14.4. The molecular weight excluding hydrogens is 704 g/mol. The van der Waals surface area contributed by atoms with Crippen LogP contribution in [0.5, 0.6) is 5.75 Å². The van der Waals surface area contributed by atoms with Crippen LogP contribution in [0.15, 0.2) is 55.1 Å². The summed E-state index contributed by atoms with van der Waals surface area (Å²) < 4.78 is 11.1. The molecule has 216 valence electrons. The summed E-state index contributed by atoms with van der Waals surface area (Å²) in [7, 11) is 2.41. The van der Waals surface area contributed by atoms with Crippen molar-refractivity contribution in [3.05, 3.63) is 71.8 Å². The number of methoxy groups -OCH3 is 1. The zero-order valence-corrected chi connectivity index (χ0v) is 28.6. The van der Waals surface area contributed by atoms with E-state index in [4.69, 9.17) is 14.6 Å². The highest BCUT2D eigenvalue weighted by molar-refractivity contribution is 15.0. The van der Waals surface area contributed by atoms with E-state index in [1.165, 1.54) is 18.2 Å². The summed E-state index contributed by atoms with van der Waals surface area (Å²) >= 11 is 4.24. The largest absolute Gasteiger partial charge is 0.491 e. The molecule has 0 bridgehead atoms. The predicted molar refractivity (Wildman–Crippen MR) is 182 cm³/mol. The Labute approximate surface area is 255 Å². The number of aryl methyl sites for hydroxylation is 2. The quantitative estimate of drug-likeness (QED) is 0.0852. The highest BCUT2D eigenvalue weighted by atomic mass is 128. The lowest BCUT2D eigenvalue weighted by molar-refractivity contribution is 0.0600. The zero-order valence-electron chi connectivity index (χ0n) is 24.3. The molecule has 0 aliphatic heterocycles. The van der Waals surface area contributed by atoms with Crippen LogP contribution >= 0.6 is 37.2 Å². The third-order valence-electron chi connectivity index (χ3n) is 5.71. The summed E-state index contributed by atoms with van der Waals surface area (Å²) in [6.45, 7) is 14.5. The van der Waals surface area contributed by atoms with Crippen LogP contribution in [0.4, 0.5) is 5.69 Å². The number of anilines is 1. The number of aliphatic hydroxyl groups is 1. The van der Waals surface area contributed by atoms with Crippen molar-refractivity contribution in [1.82, 2.24) is 0 Å². The van der Waals surface area contributed by atoms with Gasteiger partial charge in [-0.2, -0.15) is 0 Å². The average molecular weight is 754 g/mol. The van der Waals surface area contributed by atoms with Crippen molar-refractivity contribution in [3.63, 3.8) is 0 Å². The van der Waals surface area contributed by atoms with Gasteiger partial charge in [-0.1, -0.05) is 51.1 Å². The fraction of sp³-hybridized carbons (Fsp3) is 0.516. The van der Waals surface area contributed by atoms with Gasteiger partial charge in [0.2, 0.25) is 0 Å². The maximum Gasteiger partial charge on any atom is 0.337 e. The number of aliphatic hydroxyl groups excluding tert-OH is 1. The van der Waals surface area contributed by atoms with Crippen molar-refractivity contribution in [2.45, 2.75) is 72.6 Å². The van der Waals surface area contributed by atoms with Gasteiger partial charge >= 0.3 is 5.97 Å². The highest BCUT2D eigenvalue weighted by Crippen LogP contribution is 2.31. The lowest BCUT2D eigenvalue weighted by Gasteiger charge is -2.26. The molecule has 0 aliphatic carbocycles. The molecule has 2 aromatic rings. The first-order chi connectivity index (χ1) is 18.6. The van der Waals surface area contributed by atoms with E-state index in [1.54, 1.807) is 6.07 Å². The Morgan fingerprint density at radius 3 is 2.29 bits per heavy atom. The molecule has 0 fully saturated rings. The van der Waals surface area contributed by atoms with Gasteiger partial charge in [-0.05, 0) is 81.2 Å². The number of carbonyl (C=O) groups is 1. The van der Waals surface area contributed by atoms with Crippen molar-refractivity contribution < 1.29 is 19.4 Å². The third kappa shape index (κ3) is 15.9. The van der Waals surface area contributed by atoms with E-state index in [0.29, 0.717) is 12.2 Å². The first-order valence-electron chi connectivity index (χ1n) is 13.5. The van der Waals surface area contributed by atoms with Gasteiger partial charge < -0.3 is 19.5 Å². The second-order valence-corrected chi connectivity index (χ2v) is 8.02. The normalized spacial score (nSPS) is 9.39. The molecule has 2 rings (SSSR count). The van der Waals surface area contributed by atoms with Gasteiger partial charge in [0.1, 0.15) is 5.75 Å². The molecule has 0 amide bonds. The minimum Gasteiger partial charge on any atom is -0.491 e. The van der Waals surface area contributed by atoms with Crippen molar-refractivity contribution in [2.75, 3.05) is 38.8 Å². The van der Waals surface area contributed by atoms with Crippen LogP contribution in [0.2, 0.25) is 0 Å². The predicted octanol–water partition coefficient (Wildman–Crippen LogP) is 9.03. The van der Waals surface area contributed by atoms with E-state index in [-0.39, 0.29) is 5.97 Å². The molecule has 38 heavy (non-hydrogen) atoms. The topological polar surface area (TPSA) is 59.0 Å². The second-order valence-electron chi connectivity index (χ2n) is 8.02. The molecule has 0 atom stereocenters. The minimum atomic E-state index is -0.324. The molecule has 0 saturated carbocycles. The fourth-order valence-electron chi connectivity index (χ4n) is 3.79. The van der Waals surface area contributed by atoms with Gasteiger partial charge in [-0.15, -0.1) is 6.58 Å². The zero-order chi connectivity index (χ0) is 29.2. The molecule has 5 nitrogen and oxygen atoms in total. The Hall–Kier alpha value is -1.33. The van der Waals surface area contributed by atoms with Crippen molar-refractivity contribution >= 4 is 48.9 Å². The first kappa shape index (κ1) is 38.8. The Bertz CT molecular complexity index is 862. The number of hydrogen-bond acceptors (Lipinski definition) is 5. The monoisotopic (exact) mass is 753 g/mol. The van der Waals surface area contributed by atoms with Crippen LogP contribution in [0.25, 0.3) is 0 Å². The van der Waals surface area contributed by atoms with Crippen LogP contribution in [0, 0.1) is 0 Å². The molecule has 2 aromatic carbocycles. The van der Waals surface area contributed by atoms with Crippen LogP contribution < -0.4 is 9.64 Å². The highest BCUT2D eigenvalue weighted by Gasteiger charge is 2.15. The van der Waals surface area contributed by atoms with Crippen molar-refractivity contribution in [3.8, 4) is 5.75 Å². The maximum atomic E-state index is 12.1. The smallest absolute Gasteiger partial charge is 0.337 e. The number of allylic oxidation sites excluding steroid dienone is 1. The maximum absolute atomic E-state index is 12.1. The molecule has 0 aromatic heterocycles. The first-order valence-corrected chi connectivity index (χ1v) is 19.8. The van der Waals surface area contributed by atoms with Gasteiger partial charge in [0.05, 0.1) is 25.0 Å². The molecule has 1 N–H and O–H groups in total. The molecule has 0 spiro atoms. The van der Waals surface area contributed by atoms with Crippen molar-refractivity contribution in [1.29, 1.82) is 0 Å². The molecule has 0 saturated heterocycles. The van der Waals surface area contributed by atoms with E-state index in [1.807, 2.05) is 32.1 Å². The Kier molecular flexibility index (Phi) is 27.8. The van der Waals surface area contributed by atoms with E-state index in [9.17, 15) is 4.79 Å². The second kappa shape index (κ2) is 27.2. The number of esters is 1. The van der Waals surface area contributed by atoms with E-state index in [2.05, 4.69) is 86.8 Å².